The van der Waals surface area contributed by atoms with Gasteiger partial charge in [0.2, 0.25) is 0 Å². The maximum absolute atomic E-state index is 13.5. The molecule has 0 aliphatic carbocycles. The highest BCUT2D eigenvalue weighted by Gasteiger charge is 2.24. The molecule has 2 aromatic carbocycles. The highest BCUT2D eigenvalue weighted by Crippen LogP contribution is 2.29. The summed E-state index contributed by atoms with van der Waals surface area (Å²) in [6, 6.07) is 11.4. The zero-order chi connectivity index (χ0) is 18.8. The summed E-state index contributed by atoms with van der Waals surface area (Å²) in [5, 5.41) is 0.670. The van der Waals surface area contributed by atoms with Gasteiger partial charge in [-0.25, -0.2) is 4.98 Å². The molecule has 1 unspecified atom stereocenters. The molecule has 0 N–H and O–H groups in total. The predicted octanol–water partition coefficient (Wildman–Crippen LogP) is 5.59. The minimum absolute atomic E-state index is 0.0280. The fraction of sp³-hybridized carbons (Fsp3) is 0.222. The van der Waals surface area contributed by atoms with Gasteiger partial charge in [0.05, 0.1) is 17.5 Å². The summed E-state index contributed by atoms with van der Waals surface area (Å²) in [5.74, 6) is -0.667. The van der Waals surface area contributed by atoms with Gasteiger partial charge in [0, 0.05) is 15.6 Å². The number of alkyl halides is 2. The van der Waals surface area contributed by atoms with E-state index in [1.54, 1.807) is 36.4 Å². The third-order valence-electron chi connectivity index (χ3n) is 3.87. The van der Waals surface area contributed by atoms with Crippen LogP contribution in [-0.2, 0) is 16.0 Å². The normalized spacial score (nSPS) is 12.5. The predicted molar refractivity (Wildman–Crippen MR) is 95.7 cm³/mol. The van der Waals surface area contributed by atoms with Gasteiger partial charge in [0.1, 0.15) is 0 Å². The van der Waals surface area contributed by atoms with Crippen molar-refractivity contribution in [1.82, 2.24) is 9.55 Å². The Labute approximate surface area is 158 Å². The Morgan fingerprint density at radius 1 is 1.15 bits per heavy atom. The molecule has 3 rings (SSSR count). The highest BCUT2D eigenvalue weighted by atomic mass is 35.5. The number of halogens is 4. The van der Waals surface area contributed by atoms with Crippen molar-refractivity contribution in [2.75, 3.05) is 0 Å². The second-order valence-corrected chi connectivity index (χ2v) is 6.43. The lowest BCUT2D eigenvalue weighted by atomic mass is 10.1. The first kappa shape index (κ1) is 18.6. The van der Waals surface area contributed by atoms with E-state index in [-0.39, 0.29) is 17.8 Å². The first-order chi connectivity index (χ1) is 12.4. The molecule has 1 aromatic heterocycles. The van der Waals surface area contributed by atoms with Gasteiger partial charge in [-0.05, 0) is 31.2 Å². The summed E-state index contributed by atoms with van der Waals surface area (Å²) in [7, 11) is 0. The molecule has 0 saturated carbocycles. The van der Waals surface area contributed by atoms with Crippen LogP contribution in [0.3, 0.4) is 0 Å². The molecular weight excluding hydrogens is 385 g/mol. The average molecular weight is 399 g/mol. The zero-order valence-electron chi connectivity index (χ0n) is 13.6. The molecule has 26 heavy (non-hydrogen) atoms. The molecule has 1 atom stereocenters. The lowest BCUT2D eigenvalue weighted by Crippen LogP contribution is -2.16. The maximum Gasteiger partial charge on any atom is 0.320 e. The Kier molecular flexibility index (Phi) is 5.44. The first-order valence-electron chi connectivity index (χ1n) is 7.76. The first-order valence-corrected chi connectivity index (χ1v) is 8.51. The fourth-order valence-corrected chi connectivity index (χ4v) is 3.22. The molecule has 0 fully saturated rings. The Bertz CT molecular complexity index is 939. The quantitative estimate of drug-likeness (QED) is 0.526. The number of esters is 1. The molecule has 0 aliphatic rings. The van der Waals surface area contributed by atoms with Gasteiger partial charge >= 0.3 is 12.5 Å². The number of carbonyl (C=O) groups excluding carboxylic acids is 1. The summed E-state index contributed by atoms with van der Waals surface area (Å²) >= 11 is 12.1. The molecule has 0 amide bonds. The molecule has 0 aliphatic heterocycles. The monoisotopic (exact) mass is 398 g/mol. The maximum atomic E-state index is 13.5. The lowest BCUT2D eigenvalue weighted by molar-refractivity contribution is -0.148. The summed E-state index contributed by atoms with van der Waals surface area (Å²) in [5.41, 5.74) is 1.10. The molecular formula is C18H14Cl2F2N2O2. The summed E-state index contributed by atoms with van der Waals surface area (Å²) in [6.07, 6.45) is -1.14. The van der Waals surface area contributed by atoms with Gasteiger partial charge < -0.3 is 4.74 Å². The van der Waals surface area contributed by atoms with Crippen LogP contribution in [0, 0.1) is 0 Å². The van der Waals surface area contributed by atoms with E-state index in [0.717, 1.165) is 4.57 Å². The zero-order valence-corrected chi connectivity index (χ0v) is 15.1. The largest absolute Gasteiger partial charge is 0.454 e. The van der Waals surface area contributed by atoms with Crippen molar-refractivity contribution >= 4 is 40.2 Å². The summed E-state index contributed by atoms with van der Waals surface area (Å²) < 4.78 is 33.0. The Morgan fingerprint density at radius 3 is 2.46 bits per heavy atom. The second-order valence-electron chi connectivity index (χ2n) is 5.62. The standard InChI is InChI=1S/C18H14Cl2F2N2O2/c1-10(26-16(25)9-11-12(19)5-4-6-13(11)20)17-23-14-7-2-3-8-15(14)24(17)18(21)22/h2-8,10,18H,9H2,1H3. The molecule has 0 bridgehead atoms. The van der Waals surface area contributed by atoms with Crippen molar-refractivity contribution in [3.05, 3.63) is 63.9 Å². The van der Waals surface area contributed by atoms with Crippen molar-refractivity contribution in [3.8, 4) is 0 Å². The Hall–Kier alpha value is -2.18. The molecule has 0 saturated heterocycles. The van der Waals surface area contributed by atoms with E-state index in [1.165, 1.54) is 13.0 Å². The van der Waals surface area contributed by atoms with Gasteiger partial charge in [0.25, 0.3) is 0 Å². The van der Waals surface area contributed by atoms with Crippen LogP contribution in [0.1, 0.15) is 31.0 Å². The van der Waals surface area contributed by atoms with Crippen LogP contribution < -0.4 is 0 Å². The molecule has 1 heterocycles. The number of fused-ring (bicyclic) bond motifs is 1. The number of carbonyl (C=O) groups is 1. The Balaban J connectivity index is 1.84. The minimum Gasteiger partial charge on any atom is -0.454 e. The minimum atomic E-state index is -2.81. The molecule has 0 spiro atoms. The van der Waals surface area contributed by atoms with Crippen LogP contribution in [0.15, 0.2) is 42.5 Å². The smallest absolute Gasteiger partial charge is 0.320 e. The number of aromatic nitrogens is 2. The number of hydrogen-bond donors (Lipinski definition) is 0. The number of imidazole rings is 1. The fourth-order valence-electron chi connectivity index (χ4n) is 2.69. The van der Waals surface area contributed by atoms with E-state index in [9.17, 15) is 13.6 Å². The van der Waals surface area contributed by atoms with Crippen LogP contribution >= 0.6 is 23.2 Å². The molecule has 3 aromatic rings. The number of rotatable bonds is 5. The van der Waals surface area contributed by atoms with Crippen molar-refractivity contribution < 1.29 is 18.3 Å². The van der Waals surface area contributed by atoms with Crippen molar-refractivity contribution in [2.24, 2.45) is 0 Å². The van der Waals surface area contributed by atoms with E-state index < -0.39 is 18.6 Å². The van der Waals surface area contributed by atoms with Crippen LogP contribution in [0.25, 0.3) is 11.0 Å². The number of para-hydroxylation sites is 2. The topological polar surface area (TPSA) is 44.1 Å². The third kappa shape index (κ3) is 3.66. The lowest BCUT2D eigenvalue weighted by Gasteiger charge is -2.15. The van der Waals surface area contributed by atoms with Gasteiger partial charge in [0.15, 0.2) is 11.9 Å². The van der Waals surface area contributed by atoms with Crippen LogP contribution in [0.5, 0.6) is 0 Å². The van der Waals surface area contributed by atoms with Crippen molar-refractivity contribution in [1.29, 1.82) is 0 Å². The van der Waals surface area contributed by atoms with E-state index in [4.69, 9.17) is 27.9 Å². The molecule has 136 valence electrons. The number of nitrogens with zero attached hydrogens (tertiary/aromatic N) is 2. The van der Waals surface area contributed by atoms with Crippen molar-refractivity contribution in [3.63, 3.8) is 0 Å². The number of hydrogen-bond acceptors (Lipinski definition) is 3. The van der Waals surface area contributed by atoms with E-state index >= 15 is 0 Å². The summed E-state index contributed by atoms with van der Waals surface area (Å²) in [4.78, 5) is 16.4. The summed E-state index contributed by atoms with van der Waals surface area (Å²) in [6.45, 7) is -1.32. The van der Waals surface area contributed by atoms with Gasteiger partial charge in [-0.15, -0.1) is 0 Å². The van der Waals surface area contributed by atoms with Crippen molar-refractivity contribution in [2.45, 2.75) is 26.0 Å². The second kappa shape index (κ2) is 7.60. The van der Waals surface area contributed by atoms with Crippen LogP contribution in [-0.4, -0.2) is 15.5 Å². The van der Waals surface area contributed by atoms with Crippen LogP contribution in [0.2, 0.25) is 10.0 Å². The van der Waals surface area contributed by atoms with Gasteiger partial charge in [-0.1, -0.05) is 41.4 Å². The number of benzene rings is 2. The van der Waals surface area contributed by atoms with E-state index in [1.807, 2.05) is 0 Å². The Morgan fingerprint density at radius 2 is 1.81 bits per heavy atom. The van der Waals surface area contributed by atoms with E-state index in [2.05, 4.69) is 4.98 Å². The van der Waals surface area contributed by atoms with Gasteiger partial charge in [-0.2, -0.15) is 8.78 Å². The molecule has 0 radical (unpaired) electrons. The average Bonchev–Trinajstić information content (AvgIpc) is 2.98. The van der Waals surface area contributed by atoms with E-state index in [0.29, 0.717) is 21.1 Å². The molecule has 4 nitrogen and oxygen atoms in total. The van der Waals surface area contributed by atoms with Crippen LogP contribution in [0.4, 0.5) is 8.78 Å². The highest BCUT2D eigenvalue weighted by molar-refractivity contribution is 6.36. The van der Waals surface area contributed by atoms with Gasteiger partial charge in [-0.3, -0.25) is 9.36 Å². The molecule has 8 heteroatoms. The number of ether oxygens (including phenoxy) is 1. The SMILES string of the molecule is CC(OC(=O)Cc1c(Cl)cccc1Cl)c1nc2ccccc2n1C(F)F. The third-order valence-corrected chi connectivity index (χ3v) is 4.58.